The number of carbonyl (C=O) groups is 2. The van der Waals surface area contributed by atoms with Gasteiger partial charge in [0, 0.05) is 36.7 Å². The minimum absolute atomic E-state index is 0.0427. The van der Waals surface area contributed by atoms with E-state index in [9.17, 15) is 22.8 Å². The summed E-state index contributed by atoms with van der Waals surface area (Å²) in [7, 11) is 1.44. The normalized spacial score (nSPS) is 15.6. The smallest absolute Gasteiger partial charge is 0.416 e. The molecule has 0 fully saturated rings. The van der Waals surface area contributed by atoms with Gasteiger partial charge in [-0.25, -0.2) is 0 Å². The number of nitrogens with zero attached hydrogens (tertiary/aromatic N) is 1. The van der Waals surface area contributed by atoms with Gasteiger partial charge in [-0.2, -0.15) is 18.3 Å². The lowest BCUT2D eigenvalue weighted by atomic mass is 9.86. The summed E-state index contributed by atoms with van der Waals surface area (Å²) in [6, 6.07) is 9.93. The molecule has 0 aliphatic carbocycles. The van der Waals surface area contributed by atoms with Crippen LogP contribution in [0, 0.1) is 0 Å². The molecule has 3 N–H and O–H groups in total. The predicted octanol–water partition coefficient (Wildman–Crippen LogP) is 3.84. The number of fused-ring (bicyclic) bond motifs is 1. The molecule has 3 aromatic rings. The van der Waals surface area contributed by atoms with Crippen molar-refractivity contribution in [3.05, 3.63) is 76.5 Å². The first-order valence-electron chi connectivity index (χ1n) is 9.75. The van der Waals surface area contributed by atoms with E-state index in [2.05, 4.69) is 20.8 Å². The van der Waals surface area contributed by atoms with E-state index < -0.39 is 17.6 Å². The van der Waals surface area contributed by atoms with Crippen LogP contribution in [0.3, 0.4) is 0 Å². The zero-order valence-corrected chi connectivity index (χ0v) is 16.9. The van der Waals surface area contributed by atoms with Crippen molar-refractivity contribution in [1.82, 2.24) is 15.5 Å². The summed E-state index contributed by atoms with van der Waals surface area (Å²) < 4.78 is 45.4. The van der Waals surface area contributed by atoms with Crippen LogP contribution < -0.4 is 15.4 Å². The lowest BCUT2D eigenvalue weighted by Crippen LogP contribution is -2.24. The third-order valence-electron chi connectivity index (χ3n) is 5.28. The minimum atomic E-state index is -4.52. The van der Waals surface area contributed by atoms with Gasteiger partial charge in [-0.05, 0) is 23.8 Å². The molecular weight excluding hydrogens is 425 g/mol. The first-order chi connectivity index (χ1) is 15.3. The van der Waals surface area contributed by atoms with Gasteiger partial charge in [0.25, 0.3) is 5.91 Å². The Morgan fingerprint density at radius 2 is 2.03 bits per heavy atom. The molecule has 4 rings (SSSR count). The zero-order chi connectivity index (χ0) is 22.9. The highest BCUT2D eigenvalue weighted by Crippen LogP contribution is 2.38. The first kappa shape index (κ1) is 21.4. The average molecular weight is 444 g/mol. The molecule has 7 nitrogen and oxygen atoms in total. The van der Waals surface area contributed by atoms with Crippen LogP contribution in [0.5, 0.6) is 5.75 Å². The van der Waals surface area contributed by atoms with Crippen LogP contribution in [-0.4, -0.2) is 29.1 Å². The molecule has 0 radical (unpaired) electrons. The summed E-state index contributed by atoms with van der Waals surface area (Å²) in [6.45, 7) is -0.364. The standard InChI is InChI=1S/C22H19F3N4O3/c1-26-21(31)15-8-12(14-9-19(30)28-20-16(14)10-27-29-20)6-7-18(15)32-11-13-4-2-3-5-17(13)22(23,24)25/h2-8,10,14H,9,11H2,1H3,(H,26,31)(H2,27,28,29,30). The van der Waals surface area contributed by atoms with Gasteiger partial charge in [0.15, 0.2) is 5.82 Å². The number of amides is 2. The summed E-state index contributed by atoms with van der Waals surface area (Å²) in [6.07, 6.45) is -2.67. The van der Waals surface area contributed by atoms with Gasteiger partial charge < -0.3 is 15.4 Å². The average Bonchev–Trinajstić information content (AvgIpc) is 3.24. The molecule has 1 atom stereocenters. The minimum Gasteiger partial charge on any atom is -0.488 e. The molecule has 10 heteroatoms. The SMILES string of the molecule is CNC(=O)c1cc(C2CC(=O)Nc3n[nH]cc32)ccc1OCc1ccccc1C(F)(F)F. The second kappa shape index (κ2) is 8.37. The fourth-order valence-electron chi connectivity index (χ4n) is 3.72. The van der Waals surface area contributed by atoms with E-state index in [-0.39, 0.29) is 41.7 Å². The predicted molar refractivity (Wildman–Crippen MR) is 109 cm³/mol. The van der Waals surface area contributed by atoms with Gasteiger partial charge in [0.1, 0.15) is 12.4 Å². The van der Waals surface area contributed by atoms with E-state index in [4.69, 9.17) is 4.74 Å². The zero-order valence-electron chi connectivity index (χ0n) is 16.9. The van der Waals surface area contributed by atoms with Crippen molar-refractivity contribution in [3.8, 4) is 5.75 Å². The summed E-state index contributed by atoms with van der Waals surface area (Å²) in [5.41, 5.74) is 0.785. The van der Waals surface area contributed by atoms with Crippen LogP contribution in [0.4, 0.5) is 19.0 Å². The maximum Gasteiger partial charge on any atom is 0.416 e. The molecule has 2 amide bonds. The van der Waals surface area contributed by atoms with Gasteiger partial charge in [0.05, 0.1) is 11.1 Å². The van der Waals surface area contributed by atoms with Gasteiger partial charge in [-0.3, -0.25) is 14.7 Å². The Hall–Kier alpha value is -3.82. The Balaban J connectivity index is 1.65. The van der Waals surface area contributed by atoms with E-state index in [1.807, 2.05) is 0 Å². The summed E-state index contributed by atoms with van der Waals surface area (Å²) in [5, 5.41) is 11.9. The fraction of sp³-hybridized carbons (Fsp3) is 0.227. The number of aromatic amines is 1. The lowest BCUT2D eigenvalue weighted by molar-refractivity contribution is -0.138. The molecule has 2 heterocycles. The number of ether oxygens (including phenoxy) is 1. The topological polar surface area (TPSA) is 96.1 Å². The van der Waals surface area contributed by atoms with Gasteiger partial charge in [-0.1, -0.05) is 24.3 Å². The number of H-pyrrole nitrogens is 1. The van der Waals surface area contributed by atoms with Crippen molar-refractivity contribution in [2.45, 2.75) is 25.1 Å². The molecule has 0 bridgehead atoms. The molecule has 2 aromatic carbocycles. The molecule has 166 valence electrons. The Labute approximate surface area is 181 Å². The second-order valence-electron chi connectivity index (χ2n) is 7.27. The second-order valence-corrected chi connectivity index (χ2v) is 7.27. The van der Waals surface area contributed by atoms with Gasteiger partial charge >= 0.3 is 6.18 Å². The Morgan fingerprint density at radius 3 is 2.78 bits per heavy atom. The van der Waals surface area contributed by atoms with Crippen LogP contribution in [-0.2, 0) is 17.6 Å². The number of aromatic nitrogens is 2. The van der Waals surface area contributed by atoms with Gasteiger partial charge in [-0.15, -0.1) is 0 Å². The molecule has 0 saturated carbocycles. The van der Waals surface area contributed by atoms with Crippen molar-refractivity contribution >= 4 is 17.6 Å². The van der Waals surface area contributed by atoms with Crippen molar-refractivity contribution < 1.29 is 27.5 Å². The highest BCUT2D eigenvalue weighted by atomic mass is 19.4. The summed E-state index contributed by atoms with van der Waals surface area (Å²) >= 11 is 0. The van der Waals surface area contributed by atoms with E-state index in [0.29, 0.717) is 11.4 Å². The quantitative estimate of drug-likeness (QED) is 0.557. The van der Waals surface area contributed by atoms with E-state index in [1.54, 1.807) is 18.3 Å². The number of nitrogens with one attached hydrogen (secondary N) is 3. The maximum atomic E-state index is 13.3. The largest absolute Gasteiger partial charge is 0.488 e. The van der Waals surface area contributed by atoms with E-state index >= 15 is 0 Å². The maximum absolute atomic E-state index is 13.3. The number of hydrogen-bond acceptors (Lipinski definition) is 4. The lowest BCUT2D eigenvalue weighted by Gasteiger charge is -2.23. The van der Waals surface area contributed by atoms with Crippen molar-refractivity contribution in [2.24, 2.45) is 0 Å². The van der Waals surface area contributed by atoms with Crippen LogP contribution in [0.15, 0.2) is 48.7 Å². The van der Waals surface area contributed by atoms with Crippen molar-refractivity contribution in [1.29, 1.82) is 0 Å². The third-order valence-corrected chi connectivity index (χ3v) is 5.28. The van der Waals surface area contributed by atoms with Crippen LogP contribution in [0.1, 0.15) is 45.0 Å². The van der Waals surface area contributed by atoms with Gasteiger partial charge in [0.2, 0.25) is 5.91 Å². The highest BCUT2D eigenvalue weighted by Gasteiger charge is 2.33. The third kappa shape index (κ3) is 4.16. The number of carbonyl (C=O) groups excluding carboxylic acids is 2. The number of benzene rings is 2. The number of anilines is 1. The van der Waals surface area contributed by atoms with Crippen LogP contribution >= 0.6 is 0 Å². The van der Waals surface area contributed by atoms with Crippen molar-refractivity contribution in [2.75, 3.05) is 12.4 Å². The molecule has 1 aliphatic rings. The molecule has 0 saturated heterocycles. The fourth-order valence-corrected chi connectivity index (χ4v) is 3.72. The number of alkyl halides is 3. The van der Waals surface area contributed by atoms with E-state index in [0.717, 1.165) is 11.6 Å². The summed E-state index contributed by atoms with van der Waals surface area (Å²) in [5.74, 6) is -0.436. The first-order valence-corrected chi connectivity index (χ1v) is 9.75. The molecule has 1 aromatic heterocycles. The Bertz CT molecular complexity index is 1170. The number of rotatable bonds is 5. The van der Waals surface area contributed by atoms with Crippen molar-refractivity contribution in [3.63, 3.8) is 0 Å². The summed E-state index contributed by atoms with van der Waals surface area (Å²) in [4.78, 5) is 24.6. The van der Waals surface area contributed by atoms with Crippen LogP contribution in [0.25, 0.3) is 0 Å². The highest BCUT2D eigenvalue weighted by molar-refractivity contribution is 5.97. The Kier molecular flexibility index (Phi) is 5.60. The molecule has 0 spiro atoms. The molecule has 32 heavy (non-hydrogen) atoms. The number of hydrogen-bond donors (Lipinski definition) is 3. The van der Waals surface area contributed by atoms with Crippen LogP contribution in [0.2, 0.25) is 0 Å². The molecular formula is C22H19F3N4O3. The monoisotopic (exact) mass is 444 g/mol. The Morgan fingerprint density at radius 1 is 1.25 bits per heavy atom. The van der Waals surface area contributed by atoms with E-state index in [1.165, 1.54) is 31.3 Å². The number of halogens is 3. The molecule has 1 aliphatic heterocycles. The molecule has 1 unspecified atom stereocenters.